The average Bonchev–Trinajstić information content (AvgIpc) is 3.16. The maximum atomic E-state index is 9.07. The van der Waals surface area contributed by atoms with Crippen LogP contribution in [0.4, 0.5) is 0 Å². The highest BCUT2D eigenvalue weighted by atomic mass is 35.5. The fourth-order valence-electron chi connectivity index (χ4n) is 2.25. The summed E-state index contributed by atoms with van der Waals surface area (Å²) in [5.41, 5.74) is 0.868. The summed E-state index contributed by atoms with van der Waals surface area (Å²) in [6, 6.07) is 11.7. The molecule has 22 heavy (non-hydrogen) atoms. The molecule has 2 aromatic heterocycles. The molecular formula is C16H16ClN3OS. The average molecular weight is 334 g/mol. The molecule has 114 valence electrons. The fourth-order valence-corrected chi connectivity index (χ4v) is 3.17. The number of aliphatic hydroxyl groups is 1. The summed E-state index contributed by atoms with van der Waals surface area (Å²) in [5, 5.41) is 16.4. The largest absolute Gasteiger partial charge is 0.396 e. The van der Waals surface area contributed by atoms with Crippen LogP contribution in [0, 0.1) is 0 Å². The maximum absolute atomic E-state index is 9.07. The lowest BCUT2D eigenvalue weighted by molar-refractivity contribution is 0.277. The zero-order valence-corrected chi connectivity index (χ0v) is 13.5. The van der Waals surface area contributed by atoms with Gasteiger partial charge >= 0.3 is 0 Å². The Labute approximate surface area is 138 Å². The Hall–Kier alpha value is -1.69. The van der Waals surface area contributed by atoms with E-state index in [1.165, 1.54) is 4.88 Å². The van der Waals surface area contributed by atoms with Gasteiger partial charge in [0.2, 0.25) is 0 Å². The predicted molar refractivity (Wildman–Crippen MR) is 89.3 cm³/mol. The summed E-state index contributed by atoms with van der Waals surface area (Å²) in [4.78, 5) is 5.89. The van der Waals surface area contributed by atoms with Crippen LogP contribution in [0.25, 0.3) is 11.4 Å². The molecule has 0 saturated carbocycles. The van der Waals surface area contributed by atoms with Gasteiger partial charge in [-0.3, -0.25) is 0 Å². The molecule has 0 aliphatic heterocycles. The maximum Gasteiger partial charge on any atom is 0.159 e. The number of hydrogen-bond acceptors (Lipinski definition) is 4. The van der Waals surface area contributed by atoms with Crippen molar-refractivity contribution in [1.29, 1.82) is 0 Å². The van der Waals surface area contributed by atoms with Crippen LogP contribution in [0.3, 0.4) is 0 Å². The Morgan fingerprint density at radius 3 is 2.77 bits per heavy atom. The van der Waals surface area contributed by atoms with E-state index in [9.17, 15) is 0 Å². The van der Waals surface area contributed by atoms with Crippen LogP contribution in [0.1, 0.15) is 17.1 Å². The lowest BCUT2D eigenvalue weighted by atomic mass is 10.2. The summed E-state index contributed by atoms with van der Waals surface area (Å²) in [6.07, 6.45) is 1.35. The molecule has 0 aliphatic carbocycles. The van der Waals surface area contributed by atoms with Crippen molar-refractivity contribution in [2.45, 2.75) is 19.4 Å². The van der Waals surface area contributed by atoms with E-state index in [1.54, 1.807) is 11.3 Å². The fraction of sp³-hybridized carbons (Fsp3) is 0.250. The van der Waals surface area contributed by atoms with Crippen LogP contribution in [0.2, 0.25) is 5.02 Å². The SMILES string of the molecule is OCCCn1nc(Cc2cccs2)nc1-c1ccccc1Cl. The lowest BCUT2D eigenvalue weighted by Crippen LogP contribution is -2.05. The second kappa shape index (κ2) is 7.05. The molecule has 0 saturated heterocycles. The monoisotopic (exact) mass is 333 g/mol. The second-order valence-corrected chi connectivity index (χ2v) is 6.33. The molecule has 1 N–H and O–H groups in total. The highest BCUT2D eigenvalue weighted by Gasteiger charge is 2.14. The number of aliphatic hydroxyl groups excluding tert-OH is 1. The topological polar surface area (TPSA) is 50.9 Å². The molecular weight excluding hydrogens is 318 g/mol. The van der Waals surface area contributed by atoms with E-state index in [0.29, 0.717) is 24.4 Å². The van der Waals surface area contributed by atoms with Gasteiger partial charge < -0.3 is 5.11 Å². The normalized spacial score (nSPS) is 11.0. The van der Waals surface area contributed by atoms with Crippen molar-refractivity contribution in [3.63, 3.8) is 0 Å². The Bertz CT molecular complexity index is 740. The van der Waals surface area contributed by atoms with Gasteiger partial charge in [-0.2, -0.15) is 5.10 Å². The second-order valence-electron chi connectivity index (χ2n) is 4.89. The molecule has 0 radical (unpaired) electrons. The van der Waals surface area contributed by atoms with Crippen LogP contribution in [0.15, 0.2) is 41.8 Å². The minimum absolute atomic E-state index is 0.127. The Kier molecular flexibility index (Phi) is 4.87. The molecule has 0 unspecified atom stereocenters. The molecule has 0 aliphatic rings. The van der Waals surface area contributed by atoms with Gasteiger partial charge in [0.1, 0.15) is 0 Å². The van der Waals surface area contributed by atoms with Crippen LogP contribution < -0.4 is 0 Å². The minimum atomic E-state index is 0.127. The van der Waals surface area contributed by atoms with Crippen LogP contribution in [-0.4, -0.2) is 26.5 Å². The summed E-state index contributed by atoms with van der Waals surface area (Å²) in [5.74, 6) is 1.53. The Morgan fingerprint density at radius 2 is 2.05 bits per heavy atom. The molecule has 0 bridgehead atoms. The van der Waals surface area contributed by atoms with Gasteiger partial charge in [0, 0.05) is 30.0 Å². The number of hydrogen-bond donors (Lipinski definition) is 1. The molecule has 3 aromatic rings. The van der Waals surface area contributed by atoms with Crippen molar-refractivity contribution in [1.82, 2.24) is 14.8 Å². The minimum Gasteiger partial charge on any atom is -0.396 e. The first-order valence-corrected chi connectivity index (χ1v) is 8.35. The molecule has 0 fully saturated rings. The third-order valence-corrected chi connectivity index (χ3v) is 4.48. The third-order valence-electron chi connectivity index (χ3n) is 3.27. The van der Waals surface area contributed by atoms with Crippen LogP contribution >= 0.6 is 22.9 Å². The summed E-state index contributed by atoms with van der Waals surface area (Å²) >= 11 is 7.98. The van der Waals surface area contributed by atoms with Gasteiger partial charge in [-0.05, 0) is 30.0 Å². The summed E-state index contributed by atoms with van der Waals surface area (Å²) in [6.45, 7) is 0.747. The van der Waals surface area contributed by atoms with E-state index in [2.05, 4.69) is 16.1 Å². The number of rotatable bonds is 6. The van der Waals surface area contributed by atoms with Crippen molar-refractivity contribution < 1.29 is 5.11 Å². The van der Waals surface area contributed by atoms with Crippen LogP contribution in [-0.2, 0) is 13.0 Å². The van der Waals surface area contributed by atoms with Crippen molar-refractivity contribution in [2.75, 3.05) is 6.61 Å². The van der Waals surface area contributed by atoms with E-state index in [0.717, 1.165) is 17.2 Å². The lowest BCUT2D eigenvalue weighted by Gasteiger charge is -2.06. The zero-order valence-electron chi connectivity index (χ0n) is 11.9. The first kappa shape index (κ1) is 15.2. The molecule has 4 nitrogen and oxygen atoms in total. The van der Waals surface area contributed by atoms with Crippen molar-refractivity contribution in [3.05, 3.63) is 57.5 Å². The number of benzene rings is 1. The molecule has 2 heterocycles. The van der Waals surface area contributed by atoms with Gasteiger partial charge in [-0.25, -0.2) is 9.67 Å². The standard InChI is InChI=1S/C16H16ClN3OS/c17-14-7-2-1-6-13(14)16-18-15(11-12-5-3-10-22-12)19-20(16)8-4-9-21/h1-3,5-7,10,21H,4,8-9,11H2. The number of aryl methyl sites for hydroxylation is 1. The summed E-state index contributed by atoms with van der Waals surface area (Å²) in [7, 11) is 0. The van der Waals surface area contributed by atoms with Crippen LogP contribution in [0.5, 0.6) is 0 Å². The number of aromatic nitrogens is 3. The molecule has 0 amide bonds. The quantitative estimate of drug-likeness (QED) is 0.749. The van der Waals surface area contributed by atoms with E-state index in [-0.39, 0.29) is 6.61 Å². The number of nitrogens with zero attached hydrogens (tertiary/aromatic N) is 3. The molecule has 0 atom stereocenters. The van der Waals surface area contributed by atoms with Crippen molar-refractivity contribution >= 4 is 22.9 Å². The highest BCUT2D eigenvalue weighted by Crippen LogP contribution is 2.27. The van der Waals surface area contributed by atoms with E-state index >= 15 is 0 Å². The van der Waals surface area contributed by atoms with Gasteiger partial charge in [-0.15, -0.1) is 11.3 Å². The van der Waals surface area contributed by atoms with Gasteiger partial charge in [-0.1, -0.05) is 29.8 Å². The van der Waals surface area contributed by atoms with Gasteiger partial charge in [0.25, 0.3) is 0 Å². The third kappa shape index (κ3) is 3.38. The van der Waals surface area contributed by atoms with Crippen molar-refractivity contribution in [2.24, 2.45) is 0 Å². The van der Waals surface area contributed by atoms with Gasteiger partial charge in [0.05, 0.1) is 5.02 Å². The molecule has 1 aromatic carbocycles. The van der Waals surface area contributed by atoms with E-state index in [1.807, 2.05) is 40.4 Å². The van der Waals surface area contributed by atoms with E-state index in [4.69, 9.17) is 16.7 Å². The molecule has 6 heteroatoms. The predicted octanol–water partition coefficient (Wildman–Crippen LogP) is 3.63. The Morgan fingerprint density at radius 1 is 1.18 bits per heavy atom. The van der Waals surface area contributed by atoms with E-state index < -0.39 is 0 Å². The summed E-state index contributed by atoms with van der Waals surface area (Å²) < 4.78 is 1.83. The number of thiophene rings is 1. The first-order valence-electron chi connectivity index (χ1n) is 7.10. The highest BCUT2D eigenvalue weighted by molar-refractivity contribution is 7.09. The van der Waals surface area contributed by atoms with Crippen molar-refractivity contribution in [3.8, 4) is 11.4 Å². The van der Waals surface area contributed by atoms with Gasteiger partial charge in [0.15, 0.2) is 11.6 Å². The Balaban J connectivity index is 1.96. The molecule has 0 spiro atoms. The number of halogens is 1. The molecule has 3 rings (SSSR count). The smallest absolute Gasteiger partial charge is 0.159 e. The zero-order chi connectivity index (χ0) is 15.4. The first-order chi connectivity index (χ1) is 10.8.